The molecule has 2 bridgehead atoms. The van der Waals surface area contributed by atoms with Crippen molar-refractivity contribution < 1.29 is 14.0 Å². The van der Waals surface area contributed by atoms with Crippen molar-refractivity contribution in [1.82, 2.24) is 14.7 Å². The third-order valence-electron chi connectivity index (χ3n) is 7.21. The first-order valence-electron chi connectivity index (χ1n) is 10.2. The largest absolute Gasteiger partial charge is 0.365 e. The minimum atomic E-state index is -0.632. The van der Waals surface area contributed by atoms with E-state index in [1.54, 1.807) is 9.58 Å². The molecular formula is C21H23ClFN5O2. The second kappa shape index (κ2) is 6.70. The lowest BCUT2D eigenvalue weighted by molar-refractivity contribution is 0.0652. The maximum absolute atomic E-state index is 13.7. The van der Waals surface area contributed by atoms with E-state index in [4.69, 9.17) is 23.1 Å². The van der Waals surface area contributed by atoms with Crippen LogP contribution in [0, 0.1) is 17.2 Å². The fourth-order valence-corrected chi connectivity index (χ4v) is 6.15. The molecule has 4 N–H and O–H groups in total. The summed E-state index contributed by atoms with van der Waals surface area (Å²) in [5, 5.41) is 4.61. The molecule has 158 valence electrons. The summed E-state index contributed by atoms with van der Waals surface area (Å²) in [6.45, 7) is 0.826. The summed E-state index contributed by atoms with van der Waals surface area (Å²) in [6, 6.07) is 3.36. The number of rotatable bonds is 3. The van der Waals surface area contributed by atoms with E-state index in [2.05, 4.69) is 5.10 Å². The molecule has 3 amide bonds. The fourth-order valence-electron chi connectivity index (χ4n) is 5.97. The van der Waals surface area contributed by atoms with Gasteiger partial charge in [0.15, 0.2) is 0 Å². The molecule has 1 unspecified atom stereocenters. The van der Waals surface area contributed by atoms with E-state index in [-0.39, 0.29) is 22.0 Å². The number of nitrogens with two attached hydrogens (primary N) is 2. The number of fused-ring (bicyclic) bond motifs is 3. The molecule has 0 radical (unpaired) electrons. The molecule has 2 heterocycles. The highest BCUT2D eigenvalue weighted by Crippen LogP contribution is 2.62. The molecular weight excluding hydrogens is 409 g/mol. The summed E-state index contributed by atoms with van der Waals surface area (Å²) in [5.74, 6) is -0.540. The van der Waals surface area contributed by atoms with Crippen LogP contribution in [-0.2, 0) is 6.54 Å². The van der Waals surface area contributed by atoms with Gasteiger partial charge in [0.2, 0.25) is 0 Å². The molecule has 1 aromatic carbocycles. The van der Waals surface area contributed by atoms with Gasteiger partial charge in [-0.15, -0.1) is 0 Å². The average Bonchev–Trinajstić information content (AvgIpc) is 3.41. The van der Waals surface area contributed by atoms with Crippen LogP contribution in [-0.4, -0.2) is 33.2 Å². The molecule has 30 heavy (non-hydrogen) atoms. The number of primary amides is 2. The number of hydrogen-bond donors (Lipinski definition) is 2. The number of halogens is 2. The lowest BCUT2D eigenvalue weighted by Gasteiger charge is -2.45. The van der Waals surface area contributed by atoms with E-state index in [0.29, 0.717) is 36.0 Å². The number of hydrogen-bond acceptors (Lipinski definition) is 3. The maximum Gasteiger partial charge on any atom is 0.315 e. The van der Waals surface area contributed by atoms with Crippen LogP contribution in [0.15, 0.2) is 18.2 Å². The lowest BCUT2D eigenvalue weighted by Crippen LogP contribution is -2.51. The Morgan fingerprint density at radius 3 is 2.50 bits per heavy atom. The van der Waals surface area contributed by atoms with E-state index in [1.807, 2.05) is 0 Å². The third-order valence-corrected chi connectivity index (χ3v) is 7.50. The van der Waals surface area contributed by atoms with Gasteiger partial charge in [-0.3, -0.25) is 9.48 Å². The molecule has 0 saturated heterocycles. The molecule has 1 aliphatic heterocycles. The topological polar surface area (TPSA) is 107 Å². The van der Waals surface area contributed by atoms with Crippen LogP contribution >= 0.6 is 11.6 Å². The van der Waals surface area contributed by atoms with Gasteiger partial charge >= 0.3 is 6.03 Å². The molecule has 2 aromatic rings. The van der Waals surface area contributed by atoms with E-state index in [0.717, 1.165) is 32.1 Å². The van der Waals surface area contributed by atoms with Crippen molar-refractivity contribution >= 4 is 23.5 Å². The predicted octanol–water partition coefficient (Wildman–Crippen LogP) is 3.46. The first kappa shape index (κ1) is 19.4. The third kappa shape index (κ3) is 2.73. The number of carbonyl (C=O) groups excluding carboxylic acids is 2. The Balaban J connectivity index is 1.73. The predicted molar refractivity (Wildman–Crippen MR) is 109 cm³/mol. The van der Waals surface area contributed by atoms with E-state index < -0.39 is 17.8 Å². The van der Waals surface area contributed by atoms with Gasteiger partial charge in [-0.1, -0.05) is 11.6 Å². The normalized spacial score (nSPS) is 27.3. The molecule has 7 nitrogen and oxygen atoms in total. The van der Waals surface area contributed by atoms with Crippen molar-refractivity contribution in [3.63, 3.8) is 0 Å². The molecule has 2 fully saturated rings. The van der Waals surface area contributed by atoms with Crippen molar-refractivity contribution in [2.75, 3.05) is 6.54 Å². The molecule has 3 aliphatic rings. The summed E-state index contributed by atoms with van der Waals surface area (Å²) in [4.78, 5) is 26.7. The van der Waals surface area contributed by atoms with Crippen LogP contribution in [0.3, 0.4) is 0 Å². The zero-order valence-electron chi connectivity index (χ0n) is 16.4. The van der Waals surface area contributed by atoms with Gasteiger partial charge in [0, 0.05) is 12.1 Å². The van der Waals surface area contributed by atoms with Crippen molar-refractivity contribution in [2.45, 2.75) is 44.7 Å². The highest BCUT2D eigenvalue weighted by atomic mass is 35.5. The van der Waals surface area contributed by atoms with Crippen molar-refractivity contribution in [3.8, 4) is 11.3 Å². The van der Waals surface area contributed by atoms with Gasteiger partial charge in [-0.05, 0) is 61.6 Å². The minimum absolute atomic E-state index is 0.0581. The van der Waals surface area contributed by atoms with Crippen LogP contribution in [0.4, 0.5) is 9.18 Å². The monoisotopic (exact) mass is 431 g/mol. The molecule has 2 saturated carbocycles. The summed E-state index contributed by atoms with van der Waals surface area (Å²) < 4.78 is 15.5. The minimum Gasteiger partial charge on any atom is -0.365 e. The zero-order valence-corrected chi connectivity index (χ0v) is 17.2. The zero-order chi connectivity index (χ0) is 21.2. The Bertz CT molecular complexity index is 1060. The quantitative estimate of drug-likeness (QED) is 0.776. The Morgan fingerprint density at radius 2 is 1.93 bits per heavy atom. The van der Waals surface area contributed by atoms with Gasteiger partial charge in [0.25, 0.3) is 5.91 Å². The van der Waals surface area contributed by atoms with E-state index in [1.165, 1.54) is 18.2 Å². The molecule has 1 atom stereocenters. The summed E-state index contributed by atoms with van der Waals surface area (Å²) in [7, 11) is 0. The van der Waals surface area contributed by atoms with Crippen LogP contribution < -0.4 is 11.5 Å². The maximum atomic E-state index is 13.7. The smallest absolute Gasteiger partial charge is 0.315 e. The molecule has 9 heteroatoms. The molecule has 2 aliphatic carbocycles. The van der Waals surface area contributed by atoms with Crippen LogP contribution in [0.5, 0.6) is 0 Å². The highest BCUT2D eigenvalue weighted by molar-refractivity contribution is 6.31. The number of aromatic nitrogens is 2. The number of carbonyl (C=O) groups is 2. The van der Waals surface area contributed by atoms with Gasteiger partial charge in [-0.2, -0.15) is 5.10 Å². The Kier molecular flexibility index (Phi) is 4.32. The van der Waals surface area contributed by atoms with Crippen molar-refractivity contribution in [1.29, 1.82) is 0 Å². The molecule has 0 spiro atoms. The second-order valence-corrected chi connectivity index (χ2v) is 9.18. The standard InChI is InChI=1S/C21H23ClFN5O2/c22-13-9-12(1-2-14(13)23)16-15(19(24)29)17-18(21-5-3-11(10-21)4-6-21)27(20(25)30)7-8-28(17)26-16/h1-2,9,11,18H,3-8,10H2,(H2,24,29)(H2,25,30). The van der Waals surface area contributed by atoms with E-state index in [9.17, 15) is 14.0 Å². The average molecular weight is 432 g/mol. The number of nitrogens with zero attached hydrogens (tertiary/aromatic N) is 3. The van der Waals surface area contributed by atoms with Gasteiger partial charge < -0.3 is 16.4 Å². The Morgan fingerprint density at radius 1 is 1.20 bits per heavy atom. The van der Waals surface area contributed by atoms with Gasteiger partial charge in [-0.25, -0.2) is 9.18 Å². The molecule has 5 rings (SSSR count). The van der Waals surface area contributed by atoms with Crippen molar-refractivity contribution in [2.24, 2.45) is 22.8 Å². The first-order chi connectivity index (χ1) is 14.3. The highest BCUT2D eigenvalue weighted by Gasteiger charge is 2.55. The molecule has 1 aromatic heterocycles. The summed E-state index contributed by atoms with van der Waals surface area (Å²) in [6.07, 6.45) is 5.19. The van der Waals surface area contributed by atoms with E-state index >= 15 is 0 Å². The van der Waals surface area contributed by atoms with Crippen LogP contribution in [0.25, 0.3) is 11.3 Å². The second-order valence-electron chi connectivity index (χ2n) is 8.77. The Labute approximate surface area is 178 Å². The van der Waals surface area contributed by atoms with Gasteiger partial charge in [0.1, 0.15) is 11.5 Å². The fraction of sp³-hybridized carbons (Fsp3) is 0.476. The number of urea groups is 1. The summed E-state index contributed by atoms with van der Waals surface area (Å²) in [5.41, 5.74) is 13.3. The number of amides is 3. The SMILES string of the molecule is NC(=O)c1c(-c2ccc(F)c(Cl)c2)nn2c1C(C13CCC(CC1)C3)N(C(N)=O)CC2. The number of benzene rings is 1. The Hall–Kier alpha value is -2.61. The summed E-state index contributed by atoms with van der Waals surface area (Å²) >= 11 is 5.97. The van der Waals surface area contributed by atoms with Crippen LogP contribution in [0.1, 0.15) is 54.2 Å². The van der Waals surface area contributed by atoms with Crippen molar-refractivity contribution in [3.05, 3.63) is 40.3 Å². The first-order valence-corrected chi connectivity index (χ1v) is 10.6. The lowest BCUT2D eigenvalue weighted by atomic mass is 9.73. The van der Waals surface area contributed by atoms with Crippen LogP contribution in [0.2, 0.25) is 5.02 Å². The van der Waals surface area contributed by atoms with Gasteiger partial charge in [0.05, 0.1) is 28.9 Å².